The third-order valence-corrected chi connectivity index (χ3v) is 9.55. The summed E-state index contributed by atoms with van der Waals surface area (Å²) in [4.78, 5) is 2.86. The molecule has 1 aliphatic heterocycles. The van der Waals surface area contributed by atoms with E-state index in [4.69, 9.17) is 0 Å². The van der Waals surface area contributed by atoms with E-state index in [9.17, 15) is 0 Å². The second kappa shape index (κ2) is 13.5. The Morgan fingerprint density at radius 2 is 0.689 bits per heavy atom. The van der Waals surface area contributed by atoms with E-state index in [1.54, 1.807) is 0 Å². The van der Waals surface area contributed by atoms with Gasteiger partial charge in [0.15, 0.2) is 0 Å². The maximum Gasteiger partial charge on any atom is 0.0608 e. The molecule has 1 aliphatic rings. The van der Waals surface area contributed by atoms with E-state index in [0.717, 1.165) is 19.6 Å². The van der Waals surface area contributed by atoms with Crippen molar-refractivity contribution in [2.75, 3.05) is 19.6 Å². The van der Waals surface area contributed by atoms with Crippen LogP contribution in [0.2, 0.25) is 0 Å². The molecule has 0 spiro atoms. The van der Waals surface area contributed by atoms with Crippen LogP contribution in [0.5, 0.6) is 0 Å². The Kier molecular flexibility index (Phi) is 8.68. The molecule has 1 heterocycles. The summed E-state index contributed by atoms with van der Waals surface area (Å²) in [5, 5.41) is 3.96. The van der Waals surface area contributed by atoms with Crippen LogP contribution in [0.25, 0.3) is 0 Å². The number of benzene rings is 6. The average molecular weight is 585 g/mol. The molecule has 2 nitrogen and oxygen atoms in total. The summed E-state index contributed by atoms with van der Waals surface area (Å²) in [6, 6.07) is 67.1. The summed E-state index contributed by atoms with van der Waals surface area (Å²) >= 11 is 0. The first kappa shape index (κ1) is 29.0. The molecule has 0 bridgehead atoms. The van der Waals surface area contributed by atoms with E-state index < -0.39 is 5.54 Å². The first-order chi connectivity index (χ1) is 22.4. The summed E-state index contributed by atoms with van der Waals surface area (Å²) in [5.41, 5.74) is 7.54. The monoisotopic (exact) mass is 584 g/mol. The topological polar surface area (TPSA) is 15.3 Å². The molecule has 7 rings (SSSR count). The summed E-state index contributed by atoms with van der Waals surface area (Å²) in [7, 11) is 0. The van der Waals surface area contributed by atoms with Crippen LogP contribution in [0, 0.1) is 0 Å². The van der Waals surface area contributed by atoms with E-state index in [1.165, 1.54) is 33.4 Å². The van der Waals surface area contributed by atoms with Crippen molar-refractivity contribution in [2.24, 2.45) is 0 Å². The van der Waals surface area contributed by atoms with E-state index >= 15 is 0 Å². The lowest BCUT2D eigenvalue weighted by atomic mass is 9.61. The molecule has 0 saturated carbocycles. The number of nitrogens with zero attached hydrogens (tertiary/aromatic N) is 1. The third kappa shape index (κ3) is 5.76. The largest absolute Gasteiger partial charge is 0.314 e. The summed E-state index contributed by atoms with van der Waals surface area (Å²) in [5.74, 6) is 0.126. The fourth-order valence-corrected chi connectivity index (χ4v) is 7.81. The predicted molar refractivity (Wildman–Crippen MR) is 186 cm³/mol. The first-order valence-electron chi connectivity index (χ1n) is 16.1. The van der Waals surface area contributed by atoms with Gasteiger partial charge in [-0.25, -0.2) is 0 Å². The van der Waals surface area contributed by atoms with Crippen molar-refractivity contribution in [1.82, 2.24) is 10.2 Å². The highest BCUT2D eigenvalue weighted by Crippen LogP contribution is 2.54. The van der Waals surface area contributed by atoms with Gasteiger partial charge in [0, 0.05) is 31.5 Å². The fourth-order valence-electron chi connectivity index (χ4n) is 7.81. The van der Waals surface area contributed by atoms with Gasteiger partial charge in [-0.1, -0.05) is 182 Å². The zero-order valence-electron chi connectivity index (χ0n) is 25.6. The Bertz CT molecular complexity index is 1540. The predicted octanol–water partition coefficient (Wildman–Crippen LogP) is 9.08. The Hall–Kier alpha value is -4.76. The number of piperazine rings is 1. The van der Waals surface area contributed by atoms with Crippen molar-refractivity contribution >= 4 is 0 Å². The van der Waals surface area contributed by atoms with Crippen molar-refractivity contribution in [3.63, 3.8) is 0 Å². The molecular formula is C43H40N2. The van der Waals surface area contributed by atoms with Crippen LogP contribution < -0.4 is 5.32 Å². The maximum absolute atomic E-state index is 3.96. The molecule has 0 amide bonds. The molecule has 6 aromatic rings. The third-order valence-electron chi connectivity index (χ3n) is 9.55. The molecule has 0 unspecified atom stereocenters. The molecule has 45 heavy (non-hydrogen) atoms. The number of hydrogen-bond donors (Lipinski definition) is 1. The van der Waals surface area contributed by atoms with Crippen molar-refractivity contribution in [2.45, 2.75) is 23.4 Å². The minimum Gasteiger partial charge on any atom is -0.314 e. The normalized spacial score (nSPS) is 15.0. The Morgan fingerprint density at radius 3 is 1.00 bits per heavy atom. The minimum absolute atomic E-state index is 0.0550. The van der Waals surface area contributed by atoms with Crippen LogP contribution in [-0.2, 0) is 0 Å². The zero-order chi connectivity index (χ0) is 30.3. The summed E-state index contributed by atoms with van der Waals surface area (Å²) in [6.45, 7) is 2.65. The number of rotatable bonds is 9. The fraction of sp³-hybridized carbons (Fsp3) is 0.163. The van der Waals surface area contributed by atoms with E-state index in [2.05, 4.69) is 192 Å². The Labute approximate surface area is 268 Å². The Morgan fingerprint density at radius 1 is 0.400 bits per heavy atom. The van der Waals surface area contributed by atoms with Crippen LogP contribution in [0.1, 0.15) is 51.3 Å². The smallest absolute Gasteiger partial charge is 0.0608 e. The van der Waals surface area contributed by atoms with Gasteiger partial charge in [0.25, 0.3) is 0 Å². The quantitative estimate of drug-likeness (QED) is 0.182. The first-order valence-corrected chi connectivity index (χ1v) is 16.1. The summed E-state index contributed by atoms with van der Waals surface area (Å²) < 4.78 is 0. The van der Waals surface area contributed by atoms with Crippen LogP contribution in [-0.4, -0.2) is 30.1 Å². The highest BCUT2D eigenvalue weighted by molar-refractivity contribution is 5.48. The lowest BCUT2D eigenvalue weighted by Crippen LogP contribution is -2.67. The molecule has 0 aromatic heterocycles. The number of hydrogen-bond acceptors (Lipinski definition) is 2. The molecule has 1 fully saturated rings. The second-order valence-corrected chi connectivity index (χ2v) is 12.1. The van der Waals surface area contributed by atoms with Crippen LogP contribution in [0.3, 0.4) is 0 Å². The van der Waals surface area contributed by atoms with Crippen molar-refractivity contribution in [1.29, 1.82) is 0 Å². The standard InChI is InChI=1S/C43H40N2/c1-7-19-34(20-8-1)40(35-21-9-2-10-22-35)43(41(36-23-11-3-12-24-36)37-25-13-4-14-26-37)33-44-31-32-45(43)42(38-27-15-5-16-28-38)39-29-17-6-18-30-39/h1-30,40-42,44H,31-33H2. The van der Waals surface area contributed by atoms with Crippen molar-refractivity contribution in [3.05, 3.63) is 215 Å². The SMILES string of the molecule is c1ccc(C(c2ccccc2)N2CCNCC2(C(c2ccccc2)c2ccccc2)C(c2ccccc2)c2ccccc2)cc1. The van der Waals surface area contributed by atoms with Gasteiger partial charge in [-0.05, 0) is 33.4 Å². The van der Waals surface area contributed by atoms with E-state index in [0.29, 0.717) is 0 Å². The molecule has 0 aliphatic carbocycles. The van der Waals surface area contributed by atoms with Gasteiger partial charge < -0.3 is 5.32 Å². The molecule has 1 N–H and O–H groups in total. The van der Waals surface area contributed by atoms with Gasteiger partial charge in [-0.15, -0.1) is 0 Å². The van der Waals surface area contributed by atoms with E-state index in [-0.39, 0.29) is 17.9 Å². The van der Waals surface area contributed by atoms with Crippen LogP contribution in [0.15, 0.2) is 182 Å². The van der Waals surface area contributed by atoms with Gasteiger partial charge in [-0.3, -0.25) is 4.90 Å². The van der Waals surface area contributed by atoms with Gasteiger partial charge in [0.05, 0.1) is 11.6 Å². The minimum atomic E-state index is -0.403. The Balaban J connectivity index is 1.59. The van der Waals surface area contributed by atoms with Crippen LogP contribution >= 0.6 is 0 Å². The molecule has 2 heteroatoms. The highest BCUT2D eigenvalue weighted by atomic mass is 15.3. The van der Waals surface area contributed by atoms with Crippen molar-refractivity contribution < 1.29 is 0 Å². The summed E-state index contributed by atoms with van der Waals surface area (Å²) in [6.07, 6.45) is 0. The lowest BCUT2D eigenvalue weighted by Gasteiger charge is -2.59. The molecule has 1 saturated heterocycles. The molecule has 222 valence electrons. The van der Waals surface area contributed by atoms with Gasteiger partial charge in [-0.2, -0.15) is 0 Å². The maximum atomic E-state index is 3.96. The van der Waals surface area contributed by atoms with Gasteiger partial charge in [0.1, 0.15) is 0 Å². The van der Waals surface area contributed by atoms with Crippen LogP contribution in [0.4, 0.5) is 0 Å². The van der Waals surface area contributed by atoms with E-state index in [1.807, 2.05) is 0 Å². The number of nitrogens with one attached hydrogen (secondary N) is 1. The lowest BCUT2D eigenvalue weighted by molar-refractivity contribution is 0.00588. The average Bonchev–Trinajstić information content (AvgIpc) is 3.12. The highest BCUT2D eigenvalue weighted by Gasteiger charge is 2.55. The molecule has 6 aromatic carbocycles. The molecular weight excluding hydrogens is 544 g/mol. The molecule has 0 atom stereocenters. The van der Waals surface area contributed by atoms with Gasteiger partial charge >= 0.3 is 0 Å². The molecule has 0 radical (unpaired) electrons. The zero-order valence-corrected chi connectivity index (χ0v) is 25.6. The van der Waals surface area contributed by atoms with Gasteiger partial charge in [0.2, 0.25) is 0 Å². The second-order valence-electron chi connectivity index (χ2n) is 12.1. The van der Waals surface area contributed by atoms with Crippen molar-refractivity contribution in [3.8, 4) is 0 Å².